The second-order valence-electron chi connectivity index (χ2n) is 5.50. The fraction of sp³-hybridized carbons (Fsp3) is 0.312. The molecule has 0 atom stereocenters. The van der Waals surface area contributed by atoms with E-state index in [4.69, 9.17) is 14.2 Å². The third kappa shape index (κ3) is 3.76. The Morgan fingerprint density at radius 1 is 1.25 bits per heavy atom. The van der Waals surface area contributed by atoms with E-state index in [1.807, 2.05) is 0 Å². The third-order valence-electron chi connectivity index (χ3n) is 3.27. The molecule has 1 aromatic carbocycles. The molecule has 24 heavy (non-hydrogen) atoms. The van der Waals surface area contributed by atoms with E-state index in [-0.39, 0.29) is 5.57 Å². The minimum atomic E-state index is -1.30. The molecule has 0 saturated carbocycles. The molecule has 1 heterocycles. The van der Waals surface area contributed by atoms with Crippen molar-refractivity contribution < 1.29 is 28.6 Å². The fourth-order valence-electron chi connectivity index (χ4n) is 2.08. The van der Waals surface area contributed by atoms with Gasteiger partial charge in [0.15, 0.2) is 5.57 Å². The summed E-state index contributed by atoms with van der Waals surface area (Å²) < 4.78 is 15.4. The summed E-state index contributed by atoms with van der Waals surface area (Å²) in [5.41, 5.74) is 1.19. The molecule has 0 bridgehead atoms. The van der Waals surface area contributed by atoms with E-state index in [1.54, 1.807) is 19.1 Å². The lowest BCUT2D eigenvalue weighted by atomic mass is 10.1. The van der Waals surface area contributed by atoms with E-state index in [0.717, 1.165) is 0 Å². The van der Waals surface area contributed by atoms with Crippen molar-refractivity contribution in [2.24, 2.45) is 0 Å². The van der Waals surface area contributed by atoms with Crippen LogP contribution in [0, 0.1) is 6.92 Å². The lowest BCUT2D eigenvalue weighted by Crippen LogP contribution is -2.42. The molecule has 0 aliphatic carbocycles. The van der Waals surface area contributed by atoms with Gasteiger partial charge >= 0.3 is 17.9 Å². The topological polar surface area (TPSA) is 90.9 Å². The van der Waals surface area contributed by atoms with Crippen LogP contribution in [-0.2, 0) is 23.8 Å². The Hall–Kier alpha value is -2.35. The van der Waals surface area contributed by atoms with Gasteiger partial charge in [-0.3, -0.25) is 0 Å². The average molecular weight is 398 g/mol. The van der Waals surface area contributed by atoms with Gasteiger partial charge in [-0.05, 0) is 24.6 Å². The summed E-state index contributed by atoms with van der Waals surface area (Å²) >= 11 is 3.30. The van der Waals surface area contributed by atoms with Crippen LogP contribution in [0.25, 0.3) is 0 Å². The number of carbonyl (C=O) groups excluding carboxylic acids is 3. The highest BCUT2D eigenvalue weighted by Gasteiger charge is 2.39. The number of halogens is 1. The summed E-state index contributed by atoms with van der Waals surface area (Å²) in [5, 5.41) is 2.83. The minimum Gasteiger partial charge on any atom is -0.465 e. The number of rotatable bonds is 3. The summed E-state index contributed by atoms with van der Waals surface area (Å²) in [6, 6.07) is 3.31. The van der Waals surface area contributed by atoms with Crippen molar-refractivity contribution in [3.8, 4) is 0 Å². The highest BCUT2D eigenvalue weighted by Crippen LogP contribution is 2.27. The number of nitrogens with one attached hydrogen (secondary N) is 1. The van der Waals surface area contributed by atoms with Gasteiger partial charge in [-0.25, -0.2) is 14.4 Å². The molecular weight excluding hydrogens is 382 g/mol. The van der Waals surface area contributed by atoms with Crippen LogP contribution in [0.1, 0.15) is 29.8 Å². The number of benzene rings is 1. The maximum atomic E-state index is 11.9. The molecule has 128 valence electrons. The lowest BCUT2D eigenvalue weighted by Gasteiger charge is -2.29. The largest absolute Gasteiger partial charge is 0.465 e. The summed E-state index contributed by atoms with van der Waals surface area (Å²) in [6.07, 6.45) is 1.19. The second-order valence-corrected chi connectivity index (χ2v) is 6.41. The van der Waals surface area contributed by atoms with E-state index < -0.39 is 23.7 Å². The summed E-state index contributed by atoms with van der Waals surface area (Å²) in [6.45, 7) is 4.64. The minimum absolute atomic E-state index is 0.270. The van der Waals surface area contributed by atoms with E-state index in [0.29, 0.717) is 21.3 Å². The third-order valence-corrected chi connectivity index (χ3v) is 3.72. The van der Waals surface area contributed by atoms with E-state index in [2.05, 4.69) is 21.2 Å². The van der Waals surface area contributed by atoms with Crippen LogP contribution in [-0.4, -0.2) is 30.8 Å². The normalized spacial score (nSPS) is 16.1. The average Bonchev–Trinajstić information content (AvgIpc) is 2.47. The molecule has 0 aromatic heterocycles. The van der Waals surface area contributed by atoms with Gasteiger partial charge in [0.05, 0.1) is 12.7 Å². The van der Waals surface area contributed by atoms with Crippen LogP contribution < -0.4 is 5.32 Å². The number of carbonyl (C=O) groups is 3. The van der Waals surface area contributed by atoms with Gasteiger partial charge in [0, 0.05) is 30.2 Å². The number of ether oxygens (including phenoxy) is 3. The molecule has 1 N–H and O–H groups in total. The van der Waals surface area contributed by atoms with Crippen LogP contribution in [0.5, 0.6) is 0 Å². The number of hydrogen-bond donors (Lipinski definition) is 1. The van der Waals surface area contributed by atoms with Crippen LogP contribution in [0.3, 0.4) is 0 Å². The molecule has 0 amide bonds. The Labute approximate surface area is 147 Å². The highest BCUT2D eigenvalue weighted by atomic mass is 79.9. The number of cyclic esters (lactones) is 2. The van der Waals surface area contributed by atoms with Crippen molar-refractivity contribution in [3.63, 3.8) is 0 Å². The highest BCUT2D eigenvalue weighted by molar-refractivity contribution is 9.10. The molecule has 0 radical (unpaired) electrons. The molecule has 1 fully saturated rings. The van der Waals surface area contributed by atoms with Gasteiger partial charge in [0.1, 0.15) is 0 Å². The zero-order valence-corrected chi connectivity index (χ0v) is 15.1. The van der Waals surface area contributed by atoms with Crippen molar-refractivity contribution in [3.05, 3.63) is 39.5 Å². The fourth-order valence-corrected chi connectivity index (χ4v) is 2.54. The number of methoxy groups -OCH3 is 1. The van der Waals surface area contributed by atoms with Crippen LogP contribution in [0.15, 0.2) is 28.4 Å². The van der Waals surface area contributed by atoms with Crippen LogP contribution in [0.2, 0.25) is 0 Å². The number of hydrogen-bond acceptors (Lipinski definition) is 7. The molecule has 1 aromatic rings. The number of esters is 3. The Morgan fingerprint density at radius 2 is 1.83 bits per heavy atom. The zero-order chi connectivity index (χ0) is 18.1. The molecule has 7 nitrogen and oxygen atoms in total. The molecule has 1 saturated heterocycles. The Morgan fingerprint density at radius 3 is 2.38 bits per heavy atom. The first-order valence-electron chi connectivity index (χ1n) is 6.96. The second kappa shape index (κ2) is 6.64. The summed E-state index contributed by atoms with van der Waals surface area (Å²) in [4.78, 5) is 35.6. The van der Waals surface area contributed by atoms with Crippen molar-refractivity contribution in [2.75, 3.05) is 12.4 Å². The smallest absolute Gasteiger partial charge is 0.350 e. The predicted octanol–water partition coefficient (Wildman–Crippen LogP) is 2.68. The van der Waals surface area contributed by atoms with Gasteiger partial charge in [-0.2, -0.15) is 0 Å². The maximum absolute atomic E-state index is 11.9. The lowest BCUT2D eigenvalue weighted by molar-refractivity contribution is -0.222. The molecule has 1 aliphatic rings. The molecule has 0 spiro atoms. The maximum Gasteiger partial charge on any atom is 0.350 e. The first kappa shape index (κ1) is 18.0. The van der Waals surface area contributed by atoms with E-state index in [9.17, 15) is 14.4 Å². The molecule has 0 unspecified atom stereocenters. The first-order chi connectivity index (χ1) is 11.1. The summed E-state index contributed by atoms with van der Waals surface area (Å²) in [5.74, 6) is -3.37. The standard InChI is InChI=1S/C16H16BrNO6/c1-8-10(13(19)22-4)5-9(17)6-12(8)18-7-11-14(20)23-16(2,3)24-15(11)21/h5-7,18H,1-4H3. The monoisotopic (exact) mass is 397 g/mol. The molecule has 8 heteroatoms. The van der Waals surface area contributed by atoms with Crippen molar-refractivity contribution >= 4 is 39.5 Å². The Kier molecular flexibility index (Phi) is 4.98. The Bertz CT molecular complexity index is 731. The van der Waals surface area contributed by atoms with Crippen molar-refractivity contribution in [1.29, 1.82) is 0 Å². The molecular formula is C16H16BrNO6. The molecule has 1 aliphatic heterocycles. The number of anilines is 1. The summed E-state index contributed by atoms with van der Waals surface area (Å²) in [7, 11) is 1.29. The van der Waals surface area contributed by atoms with Crippen molar-refractivity contribution in [2.45, 2.75) is 26.6 Å². The van der Waals surface area contributed by atoms with E-state index >= 15 is 0 Å². The molecule has 2 rings (SSSR count). The predicted molar refractivity (Wildman–Crippen MR) is 88.2 cm³/mol. The SMILES string of the molecule is COC(=O)c1cc(Br)cc(NC=C2C(=O)OC(C)(C)OC2=O)c1C. The first-order valence-corrected chi connectivity index (χ1v) is 7.76. The Balaban J connectivity index is 2.32. The van der Waals surface area contributed by atoms with Gasteiger partial charge in [0.25, 0.3) is 5.79 Å². The van der Waals surface area contributed by atoms with Gasteiger partial charge in [0.2, 0.25) is 0 Å². The van der Waals surface area contributed by atoms with Gasteiger partial charge < -0.3 is 19.5 Å². The van der Waals surface area contributed by atoms with E-state index in [1.165, 1.54) is 27.2 Å². The zero-order valence-electron chi connectivity index (χ0n) is 13.6. The van der Waals surface area contributed by atoms with Gasteiger partial charge in [-0.1, -0.05) is 15.9 Å². The van der Waals surface area contributed by atoms with Crippen molar-refractivity contribution in [1.82, 2.24) is 0 Å². The quantitative estimate of drug-likeness (QED) is 0.476. The van der Waals surface area contributed by atoms with Crippen LogP contribution in [0.4, 0.5) is 5.69 Å². The van der Waals surface area contributed by atoms with Gasteiger partial charge in [-0.15, -0.1) is 0 Å². The van der Waals surface area contributed by atoms with Crippen LogP contribution >= 0.6 is 15.9 Å².